The number of nitro groups is 1. The SMILES string of the molecule is Cc1ccc(C(=O)Nc2cccc(NC(=O)c3ccc(F)cc3)c2)cc1[N+](=O)[O-]. The number of carbonyl (C=O) groups is 2. The molecule has 146 valence electrons. The van der Waals surface area contributed by atoms with Crippen molar-refractivity contribution < 1.29 is 18.9 Å². The maximum absolute atomic E-state index is 13.0. The molecule has 0 aliphatic carbocycles. The quantitative estimate of drug-likeness (QED) is 0.490. The van der Waals surface area contributed by atoms with E-state index in [1.165, 1.54) is 42.5 Å². The number of carbonyl (C=O) groups excluding carboxylic acids is 2. The average molecular weight is 393 g/mol. The van der Waals surface area contributed by atoms with Crippen molar-refractivity contribution in [3.63, 3.8) is 0 Å². The monoisotopic (exact) mass is 393 g/mol. The van der Waals surface area contributed by atoms with E-state index in [9.17, 15) is 24.1 Å². The number of halogens is 1. The molecule has 0 aromatic heterocycles. The van der Waals surface area contributed by atoms with Crippen LogP contribution in [-0.4, -0.2) is 16.7 Å². The first-order chi connectivity index (χ1) is 13.8. The molecule has 0 aliphatic rings. The van der Waals surface area contributed by atoms with E-state index in [-0.39, 0.29) is 16.8 Å². The van der Waals surface area contributed by atoms with E-state index in [1.54, 1.807) is 31.2 Å². The number of aryl methyl sites for hydroxylation is 1. The van der Waals surface area contributed by atoms with Gasteiger partial charge in [-0.3, -0.25) is 19.7 Å². The van der Waals surface area contributed by atoms with Gasteiger partial charge in [-0.1, -0.05) is 12.1 Å². The van der Waals surface area contributed by atoms with Crippen molar-refractivity contribution in [1.29, 1.82) is 0 Å². The molecule has 2 N–H and O–H groups in total. The van der Waals surface area contributed by atoms with E-state index in [4.69, 9.17) is 0 Å². The van der Waals surface area contributed by atoms with Crippen LogP contribution in [0.1, 0.15) is 26.3 Å². The van der Waals surface area contributed by atoms with Gasteiger partial charge < -0.3 is 10.6 Å². The molecule has 0 bridgehead atoms. The molecule has 3 aromatic rings. The van der Waals surface area contributed by atoms with Crippen LogP contribution in [0.25, 0.3) is 0 Å². The van der Waals surface area contributed by atoms with Gasteiger partial charge in [-0.2, -0.15) is 0 Å². The van der Waals surface area contributed by atoms with Gasteiger partial charge in [-0.05, 0) is 55.5 Å². The fourth-order valence-corrected chi connectivity index (χ4v) is 2.63. The Balaban J connectivity index is 1.73. The van der Waals surface area contributed by atoms with Crippen molar-refractivity contribution >= 4 is 28.9 Å². The molecule has 8 heteroatoms. The Labute approximate surface area is 165 Å². The molecule has 0 radical (unpaired) electrons. The summed E-state index contributed by atoms with van der Waals surface area (Å²) in [6.07, 6.45) is 0. The van der Waals surface area contributed by atoms with Crippen molar-refractivity contribution in [2.24, 2.45) is 0 Å². The van der Waals surface area contributed by atoms with Gasteiger partial charge in [0.15, 0.2) is 0 Å². The van der Waals surface area contributed by atoms with Crippen LogP contribution in [-0.2, 0) is 0 Å². The number of anilines is 2. The third-order valence-corrected chi connectivity index (χ3v) is 4.15. The first-order valence-corrected chi connectivity index (χ1v) is 8.57. The van der Waals surface area contributed by atoms with Crippen LogP contribution in [0.5, 0.6) is 0 Å². The molecule has 0 saturated heterocycles. The minimum Gasteiger partial charge on any atom is -0.322 e. The zero-order chi connectivity index (χ0) is 21.0. The summed E-state index contributed by atoms with van der Waals surface area (Å²) in [5.74, 6) is -1.39. The fraction of sp³-hybridized carbons (Fsp3) is 0.0476. The van der Waals surface area contributed by atoms with E-state index in [2.05, 4.69) is 10.6 Å². The lowest BCUT2D eigenvalue weighted by molar-refractivity contribution is -0.385. The smallest absolute Gasteiger partial charge is 0.273 e. The van der Waals surface area contributed by atoms with Gasteiger partial charge in [0.1, 0.15) is 5.82 Å². The Morgan fingerprint density at radius 3 is 2.00 bits per heavy atom. The summed E-state index contributed by atoms with van der Waals surface area (Å²) >= 11 is 0. The molecule has 3 aromatic carbocycles. The molecule has 2 amide bonds. The third kappa shape index (κ3) is 4.81. The van der Waals surface area contributed by atoms with Crippen molar-refractivity contribution in [3.8, 4) is 0 Å². The largest absolute Gasteiger partial charge is 0.322 e. The second kappa shape index (κ2) is 8.30. The van der Waals surface area contributed by atoms with Gasteiger partial charge >= 0.3 is 0 Å². The highest BCUT2D eigenvalue weighted by molar-refractivity contribution is 6.06. The molecular weight excluding hydrogens is 377 g/mol. The summed E-state index contributed by atoms with van der Waals surface area (Å²) in [5.41, 5.74) is 1.56. The number of amides is 2. The summed E-state index contributed by atoms with van der Waals surface area (Å²) < 4.78 is 13.0. The minimum atomic E-state index is -0.544. The molecule has 0 aliphatic heterocycles. The second-order valence-electron chi connectivity index (χ2n) is 6.25. The maximum Gasteiger partial charge on any atom is 0.273 e. The molecule has 0 saturated carbocycles. The normalized spacial score (nSPS) is 10.3. The highest BCUT2D eigenvalue weighted by Crippen LogP contribution is 2.21. The van der Waals surface area contributed by atoms with E-state index < -0.39 is 22.6 Å². The molecule has 3 rings (SSSR count). The van der Waals surface area contributed by atoms with Crippen LogP contribution in [0.3, 0.4) is 0 Å². The van der Waals surface area contributed by atoms with Crippen LogP contribution in [0.15, 0.2) is 66.7 Å². The number of nitro benzene ring substituents is 1. The van der Waals surface area contributed by atoms with Crippen molar-refractivity contribution in [2.45, 2.75) is 6.92 Å². The number of nitrogens with one attached hydrogen (secondary N) is 2. The van der Waals surface area contributed by atoms with Crippen LogP contribution < -0.4 is 10.6 Å². The lowest BCUT2D eigenvalue weighted by Crippen LogP contribution is -2.14. The van der Waals surface area contributed by atoms with Gasteiger partial charge in [0.25, 0.3) is 17.5 Å². The van der Waals surface area contributed by atoms with Gasteiger partial charge in [0.05, 0.1) is 4.92 Å². The predicted octanol–water partition coefficient (Wildman–Crippen LogP) is 4.55. The van der Waals surface area contributed by atoms with E-state index in [0.29, 0.717) is 16.9 Å². The van der Waals surface area contributed by atoms with Crippen molar-refractivity contribution in [3.05, 3.63) is 99.4 Å². The summed E-state index contributed by atoms with van der Waals surface area (Å²) in [4.78, 5) is 35.2. The highest BCUT2D eigenvalue weighted by atomic mass is 19.1. The number of hydrogen-bond acceptors (Lipinski definition) is 4. The van der Waals surface area contributed by atoms with Crippen LogP contribution in [0.4, 0.5) is 21.5 Å². The van der Waals surface area contributed by atoms with Crippen LogP contribution in [0, 0.1) is 22.9 Å². The minimum absolute atomic E-state index is 0.141. The lowest BCUT2D eigenvalue weighted by atomic mass is 10.1. The van der Waals surface area contributed by atoms with Crippen molar-refractivity contribution in [1.82, 2.24) is 0 Å². The second-order valence-corrected chi connectivity index (χ2v) is 6.25. The van der Waals surface area contributed by atoms with Crippen LogP contribution >= 0.6 is 0 Å². The predicted molar refractivity (Wildman–Crippen MR) is 107 cm³/mol. The zero-order valence-corrected chi connectivity index (χ0v) is 15.3. The first-order valence-electron chi connectivity index (χ1n) is 8.57. The number of benzene rings is 3. The summed E-state index contributed by atoms with van der Waals surface area (Å²) in [6.45, 7) is 1.59. The lowest BCUT2D eigenvalue weighted by Gasteiger charge is -2.09. The first kappa shape index (κ1) is 19.7. The molecule has 0 unspecified atom stereocenters. The van der Waals surface area contributed by atoms with Crippen LogP contribution in [0.2, 0.25) is 0 Å². The summed E-state index contributed by atoms with van der Waals surface area (Å²) in [7, 11) is 0. The zero-order valence-electron chi connectivity index (χ0n) is 15.3. The van der Waals surface area contributed by atoms with Gasteiger partial charge in [0, 0.05) is 34.1 Å². The van der Waals surface area contributed by atoms with E-state index >= 15 is 0 Å². The number of nitrogens with zero attached hydrogens (tertiary/aromatic N) is 1. The van der Waals surface area contributed by atoms with Crippen molar-refractivity contribution in [2.75, 3.05) is 10.6 Å². The highest BCUT2D eigenvalue weighted by Gasteiger charge is 2.15. The molecule has 7 nitrogen and oxygen atoms in total. The maximum atomic E-state index is 13.0. The standard InChI is InChI=1S/C21H16FN3O4/c1-13-5-6-15(11-19(13)25(28)29)21(27)24-18-4-2-3-17(12-18)23-20(26)14-7-9-16(22)10-8-14/h2-12H,1H3,(H,23,26)(H,24,27). The molecular formula is C21H16FN3O4. The Kier molecular flexibility index (Phi) is 5.64. The summed E-state index contributed by atoms with van der Waals surface area (Å²) in [5, 5.41) is 16.4. The van der Waals surface area contributed by atoms with E-state index in [0.717, 1.165) is 0 Å². The fourth-order valence-electron chi connectivity index (χ4n) is 2.63. The Morgan fingerprint density at radius 2 is 1.41 bits per heavy atom. The third-order valence-electron chi connectivity index (χ3n) is 4.15. The Hall–Kier alpha value is -4.07. The molecule has 0 fully saturated rings. The Bertz CT molecular complexity index is 1100. The van der Waals surface area contributed by atoms with E-state index in [1.807, 2.05) is 0 Å². The number of rotatable bonds is 5. The van der Waals surface area contributed by atoms with Gasteiger partial charge in [-0.25, -0.2) is 4.39 Å². The Morgan fingerprint density at radius 1 is 0.862 bits per heavy atom. The molecule has 0 spiro atoms. The number of hydrogen-bond donors (Lipinski definition) is 2. The molecule has 29 heavy (non-hydrogen) atoms. The molecule has 0 heterocycles. The average Bonchev–Trinajstić information content (AvgIpc) is 2.68. The van der Waals surface area contributed by atoms with Gasteiger partial charge in [-0.15, -0.1) is 0 Å². The van der Waals surface area contributed by atoms with Gasteiger partial charge in [0.2, 0.25) is 0 Å². The topological polar surface area (TPSA) is 101 Å². The summed E-state index contributed by atoms with van der Waals surface area (Å²) in [6, 6.07) is 15.7. The molecule has 0 atom stereocenters.